The summed E-state index contributed by atoms with van der Waals surface area (Å²) in [6.07, 6.45) is 0. The van der Waals surface area contributed by atoms with E-state index in [-0.39, 0.29) is 6.04 Å². The molecule has 2 rings (SSSR count). The number of aromatic nitrogens is 1. The van der Waals surface area contributed by atoms with E-state index in [4.69, 9.17) is 10.7 Å². The predicted octanol–water partition coefficient (Wildman–Crippen LogP) is 3.38. The summed E-state index contributed by atoms with van der Waals surface area (Å²) >= 11 is 1.77. The zero-order valence-corrected chi connectivity index (χ0v) is 10.8. The molecule has 2 N–H and O–H groups in total. The maximum Gasteiger partial charge on any atom is 0.0987 e. The van der Waals surface area contributed by atoms with E-state index in [9.17, 15) is 0 Å². The van der Waals surface area contributed by atoms with Crippen LogP contribution in [0, 0.1) is 5.92 Å². The summed E-state index contributed by atoms with van der Waals surface area (Å²) in [6, 6.07) is 8.42. The minimum absolute atomic E-state index is 0.153. The smallest absolute Gasteiger partial charge is 0.0987 e. The monoisotopic (exact) mass is 234 g/mol. The molecule has 0 radical (unpaired) electrons. The number of benzene rings is 1. The summed E-state index contributed by atoms with van der Waals surface area (Å²) < 4.78 is 1.25. The number of para-hydroxylation sites is 1. The Balaban J connectivity index is 2.45. The van der Waals surface area contributed by atoms with E-state index < -0.39 is 0 Å². The van der Waals surface area contributed by atoms with Crippen LogP contribution in [0.25, 0.3) is 10.2 Å². The third kappa shape index (κ3) is 2.11. The first-order valence-corrected chi connectivity index (χ1v) is 6.52. The first-order valence-electron chi connectivity index (χ1n) is 5.70. The molecular formula is C13H18N2S. The summed E-state index contributed by atoms with van der Waals surface area (Å²) in [5.74, 6) is 0.887. The highest BCUT2D eigenvalue weighted by atomic mass is 32.1. The minimum Gasteiger partial charge on any atom is -0.327 e. The molecule has 0 amide bonds. The van der Waals surface area contributed by atoms with Crippen LogP contribution in [0.5, 0.6) is 0 Å². The van der Waals surface area contributed by atoms with Crippen molar-refractivity contribution in [2.45, 2.75) is 32.7 Å². The number of rotatable bonds is 3. The number of thiazole rings is 1. The fourth-order valence-corrected chi connectivity index (χ4v) is 3.51. The van der Waals surface area contributed by atoms with Crippen molar-refractivity contribution >= 4 is 21.6 Å². The van der Waals surface area contributed by atoms with E-state index in [0.717, 1.165) is 5.52 Å². The van der Waals surface area contributed by atoms with Crippen molar-refractivity contribution < 1.29 is 0 Å². The number of hydrogen-bond acceptors (Lipinski definition) is 3. The summed E-state index contributed by atoms with van der Waals surface area (Å²) in [7, 11) is 0. The molecule has 1 heterocycles. The molecule has 2 atom stereocenters. The molecule has 0 aliphatic heterocycles. The third-order valence-electron chi connectivity index (χ3n) is 2.88. The predicted molar refractivity (Wildman–Crippen MR) is 70.8 cm³/mol. The van der Waals surface area contributed by atoms with Gasteiger partial charge in [-0.3, -0.25) is 0 Å². The van der Waals surface area contributed by atoms with Gasteiger partial charge in [0.2, 0.25) is 0 Å². The number of nitrogens with two attached hydrogens (primary N) is 1. The van der Waals surface area contributed by atoms with Gasteiger partial charge in [0.25, 0.3) is 0 Å². The average Bonchev–Trinajstić information content (AvgIpc) is 2.58. The van der Waals surface area contributed by atoms with Gasteiger partial charge in [-0.2, -0.15) is 0 Å². The van der Waals surface area contributed by atoms with Crippen molar-refractivity contribution in [1.82, 2.24) is 4.98 Å². The van der Waals surface area contributed by atoms with Crippen LogP contribution in [-0.2, 0) is 0 Å². The summed E-state index contributed by atoms with van der Waals surface area (Å²) in [5, 5.41) is 1.17. The Bertz CT molecular complexity index is 432. The number of nitrogens with zero attached hydrogens (tertiary/aromatic N) is 1. The van der Waals surface area contributed by atoms with Crippen LogP contribution in [0.4, 0.5) is 0 Å². The molecule has 1 aromatic heterocycles. The standard InChI is InChI=1S/C13H18N2S/c1-8(2)12(9(3)14)13-15-10-6-4-5-7-11(10)16-13/h4-9,12H,14H2,1-3H3. The number of fused-ring (bicyclic) bond motifs is 1. The Morgan fingerprint density at radius 3 is 2.44 bits per heavy atom. The van der Waals surface area contributed by atoms with Crippen LogP contribution in [0.2, 0.25) is 0 Å². The molecule has 3 heteroatoms. The van der Waals surface area contributed by atoms with Crippen LogP contribution in [0.15, 0.2) is 24.3 Å². The molecule has 2 nitrogen and oxygen atoms in total. The Hall–Kier alpha value is -0.930. The second-order valence-electron chi connectivity index (χ2n) is 4.65. The van der Waals surface area contributed by atoms with Crippen LogP contribution in [0.3, 0.4) is 0 Å². The molecule has 0 aliphatic rings. The Kier molecular flexibility index (Phi) is 3.26. The Morgan fingerprint density at radius 1 is 1.19 bits per heavy atom. The fourth-order valence-electron chi connectivity index (χ4n) is 2.15. The molecule has 0 aliphatic carbocycles. The van der Waals surface area contributed by atoms with Gasteiger partial charge in [0.05, 0.1) is 15.2 Å². The van der Waals surface area contributed by atoms with Crippen LogP contribution >= 0.6 is 11.3 Å². The van der Waals surface area contributed by atoms with Crippen molar-refractivity contribution in [2.24, 2.45) is 11.7 Å². The van der Waals surface area contributed by atoms with Gasteiger partial charge in [0, 0.05) is 12.0 Å². The molecule has 0 spiro atoms. The molecular weight excluding hydrogens is 216 g/mol. The van der Waals surface area contributed by atoms with Gasteiger partial charge in [-0.1, -0.05) is 26.0 Å². The largest absolute Gasteiger partial charge is 0.327 e. The minimum atomic E-state index is 0.153. The molecule has 2 aromatic rings. The van der Waals surface area contributed by atoms with E-state index in [2.05, 4.69) is 39.0 Å². The molecule has 0 bridgehead atoms. The van der Waals surface area contributed by atoms with E-state index in [1.54, 1.807) is 11.3 Å². The zero-order valence-electron chi connectivity index (χ0n) is 9.97. The van der Waals surface area contributed by atoms with Gasteiger partial charge in [-0.15, -0.1) is 11.3 Å². The summed E-state index contributed by atoms with van der Waals surface area (Å²) in [6.45, 7) is 6.48. The Morgan fingerprint density at radius 2 is 1.88 bits per heavy atom. The van der Waals surface area contributed by atoms with Gasteiger partial charge < -0.3 is 5.73 Å². The van der Waals surface area contributed by atoms with E-state index in [1.165, 1.54) is 9.71 Å². The molecule has 0 saturated heterocycles. The summed E-state index contributed by atoms with van der Waals surface area (Å²) in [4.78, 5) is 4.69. The van der Waals surface area contributed by atoms with E-state index in [1.807, 2.05) is 6.07 Å². The SMILES string of the molecule is CC(C)C(c1nc2ccccc2s1)C(C)N. The third-order valence-corrected chi connectivity index (χ3v) is 4.02. The highest BCUT2D eigenvalue weighted by Crippen LogP contribution is 2.33. The van der Waals surface area contributed by atoms with Crippen LogP contribution in [0.1, 0.15) is 31.7 Å². The average molecular weight is 234 g/mol. The summed E-state index contributed by atoms with van der Waals surface area (Å²) in [5.41, 5.74) is 7.15. The maximum absolute atomic E-state index is 6.06. The molecule has 1 aromatic carbocycles. The van der Waals surface area contributed by atoms with Crippen LogP contribution < -0.4 is 5.73 Å². The highest BCUT2D eigenvalue weighted by molar-refractivity contribution is 7.18. The maximum atomic E-state index is 6.06. The lowest BCUT2D eigenvalue weighted by molar-refractivity contribution is 0.435. The molecule has 0 fully saturated rings. The first-order chi connectivity index (χ1) is 7.59. The van der Waals surface area contributed by atoms with Crippen molar-refractivity contribution in [2.75, 3.05) is 0 Å². The van der Waals surface area contributed by atoms with Crippen LogP contribution in [-0.4, -0.2) is 11.0 Å². The second kappa shape index (κ2) is 4.52. The molecule has 86 valence electrons. The lowest BCUT2D eigenvalue weighted by atomic mass is 9.90. The second-order valence-corrected chi connectivity index (χ2v) is 5.71. The van der Waals surface area contributed by atoms with Gasteiger partial charge >= 0.3 is 0 Å². The Labute approximate surface area is 101 Å². The molecule has 16 heavy (non-hydrogen) atoms. The fraction of sp³-hybridized carbons (Fsp3) is 0.462. The lowest BCUT2D eigenvalue weighted by Crippen LogP contribution is -2.28. The normalized spacial score (nSPS) is 15.6. The van der Waals surface area contributed by atoms with Gasteiger partial charge in [0.1, 0.15) is 0 Å². The van der Waals surface area contributed by atoms with Gasteiger partial charge in [-0.25, -0.2) is 4.98 Å². The van der Waals surface area contributed by atoms with E-state index in [0.29, 0.717) is 11.8 Å². The molecule has 2 unspecified atom stereocenters. The van der Waals surface area contributed by atoms with Crippen molar-refractivity contribution in [3.05, 3.63) is 29.3 Å². The van der Waals surface area contributed by atoms with Gasteiger partial charge in [-0.05, 0) is 25.0 Å². The van der Waals surface area contributed by atoms with Crippen molar-refractivity contribution in [3.8, 4) is 0 Å². The zero-order chi connectivity index (χ0) is 11.7. The highest BCUT2D eigenvalue weighted by Gasteiger charge is 2.23. The topological polar surface area (TPSA) is 38.9 Å². The quantitative estimate of drug-likeness (QED) is 0.884. The van der Waals surface area contributed by atoms with Crippen molar-refractivity contribution in [1.29, 1.82) is 0 Å². The first kappa shape index (κ1) is 11.6. The van der Waals surface area contributed by atoms with Gasteiger partial charge in [0.15, 0.2) is 0 Å². The lowest BCUT2D eigenvalue weighted by Gasteiger charge is -2.21. The van der Waals surface area contributed by atoms with Crippen molar-refractivity contribution in [3.63, 3.8) is 0 Å². The number of hydrogen-bond donors (Lipinski definition) is 1. The van der Waals surface area contributed by atoms with E-state index >= 15 is 0 Å². The molecule has 0 saturated carbocycles.